The highest BCUT2D eigenvalue weighted by atomic mass is 79.9. The van der Waals surface area contributed by atoms with Gasteiger partial charge in [0.05, 0.1) is 6.21 Å². The Kier molecular flexibility index (Phi) is 7.86. The van der Waals surface area contributed by atoms with Crippen LogP contribution >= 0.6 is 15.9 Å². The molecule has 3 aromatic rings. The highest BCUT2D eigenvalue weighted by molar-refractivity contribution is 9.10. The number of piperidine rings is 1. The van der Waals surface area contributed by atoms with E-state index < -0.39 is 0 Å². The molecule has 1 N–H and O–H groups in total. The standard InChI is InChI=1S/C27H28BrN3O/c28-26-8-4-7-24(18-26)19-29-30-27(32)25-11-9-23(10-12-25)20-31-15-13-22(14-16-31)17-21-5-2-1-3-6-21/h1-12,18-19,22H,13-17,20H2,(H,30,32)/b29-19-. The number of halogens is 1. The lowest BCUT2D eigenvalue weighted by molar-refractivity contribution is 0.0955. The van der Waals surface area contributed by atoms with Crippen molar-refractivity contribution in [3.05, 3.63) is 106 Å². The summed E-state index contributed by atoms with van der Waals surface area (Å²) in [4.78, 5) is 14.9. The van der Waals surface area contributed by atoms with Crippen molar-refractivity contribution in [2.75, 3.05) is 13.1 Å². The van der Waals surface area contributed by atoms with Gasteiger partial charge in [0, 0.05) is 16.6 Å². The molecule has 0 spiro atoms. The minimum Gasteiger partial charge on any atom is -0.299 e. The fourth-order valence-electron chi connectivity index (χ4n) is 4.13. The third-order valence-corrected chi connectivity index (χ3v) is 6.42. The zero-order valence-electron chi connectivity index (χ0n) is 18.1. The lowest BCUT2D eigenvalue weighted by atomic mass is 9.90. The van der Waals surface area contributed by atoms with Gasteiger partial charge in [-0.1, -0.05) is 70.5 Å². The Bertz CT molecular complexity index is 1040. The molecule has 1 aliphatic rings. The molecule has 0 unspecified atom stereocenters. The van der Waals surface area contributed by atoms with E-state index in [9.17, 15) is 4.79 Å². The number of hydrogen-bond donors (Lipinski definition) is 1. The van der Waals surface area contributed by atoms with Gasteiger partial charge in [-0.15, -0.1) is 0 Å². The second-order valence-corrected chi connectivity index (χ2v) is 9.28. The Morgan fingerprint density at radius 1 is 0.969 bits per heavy atom. The summed E-state index contributed by atoms with van der Waals surface area (Å²) in [6.07, 6.45) is 5.30. The molecule has 1 fully saturated rings. The lowest BCUT2D eigenvalue weighted by Crippen LogP contribution is -2.33. The summed E-state index contributed by atoms with van der Waals surface area (Å²) >= 11 is 3.43. The molecule has 1 saturated heterocycles. The van der Waals surface area contributed by atoms with E-state index in [1.54, 1.807) is 6.21 Å². The van der Waals surface area contributed by atoms with Crippen LogP contribution in [0.3, 0.4) is 0 Å². The number of rotatable bonds is 7. The second-order valence-electron chi connectivity index (χ2n) is 8.36. The fourth-order valence-corrected chi connectivity index (χ4v) is 4.55. The minimum atomic E-state index is -0.204. The Morgan fingerprint density at radius 2 is 1.72 bits per heavy atom. The van der Waals surface area contributed by atoms with Crippen LogP contribution in [-0.4, -0.2) is 30.1 Å². The summed E-state index contributed by atoms with van der Waals surface area (Å²) in [6, 6.07) is 26.4. The molecule has 5 heteroatoms. The first-order valence-electron chi connectivity index (χ1n) is 11.1. The summed E-state index contributed by atoms with van der Waals surface area (Å²) in [5.74, 6) is 0.571. The van der Waals surface area contributed by atoms with Gasteiger partial charge in [0.15, 0.2) is 0 Å². The summed E-state index contributed by atoms with van der Waals surface area (Å²) in [7, 11) is 0. The van der Waals surface area contributed by atoms with Crippen LogP contribution in [0.2, 0.25) is 0 Å². The summed E-state index contributed by atoms with van der Waals surface area (Å²) in [5, 5.41) is 4.06. The third kappa shape index (κ3) is 6.62. The third-order valence-electron chi connectivity index (χ3n) is 5.93. The first-order chi connectivity index (χ1) is 15.7. The number of amides is 1. The molecule has 164 valence electrons. The maximum absolute atomic E-state index is 12.3. The van der Waals surface area contributed by atoms with Crippen LogP contribution in [0.1, 0.15) is 39.9 Å². The van der Waals surface area contributed by atoms with E-state index in [-0.39, 0.29) is 5.91 Å². The van der Waals surface area contributed by atoms with Gasteiger partial charge < -0.3 is 0 Å². The molecule has 1 amide bonds. The molecule has 32 heavy (non-hydrogen) atoms. The van der Waals surface area contributed by atoms with Crippen LogP contribution in [0.25, 0.3) is 0 Å². The van der Waals surface area contributed by atoms with Gasteiger partial charge in [-0.3, -0.25) is 9.69 Å². The molecule has 4 rings (SSSR count). The fraction of sp³-hybridized carbons (Fsp3) is 0.259. The molecule has 3 aromatic carbocycles. The van der Waals surface area contributed by atoms with E-state index in [0.717, 1.165) is 35.6 Å². The summed E-state index contributed by atoms with van der Waals surface area (Å²) in [6.45, 7) is 3.19. The van der Waals surface area contributed by atoms with Gasteiger partial charge in [0.2, 0.25) is 0 Å². The van der Waals surface area contributed by atoms with Crippen molar-refractivity contribution in [3.8, 4) is 0 Å². The van der Waals surface area contributed by atoms with Gasteiger partial charge in [-0.05, 0) is 79.2 Å². The van der Waals surface area contributed by atoms with Gasteiger partial charge in [0.25, 0.3) is 5.91 Å². The van der Waals surface area contributed by atoms with Crippen LogP contribution in [0.15, 0.2) is 88.4 Å². The van der Waals surface area contributed by atoms with Gasteiger partial charge in [-0.25, -0.2) is 5.43 Å². The molecule has 0 saturated carbocycles. The summed E-state index contributed by atoms with van der Waals surface area (Å²) < 4.78 is 0.976. The molecule has 0 bridgehead atoms. The van der Waals surface area contributed by atoms with Crippen LogP contribution in [0, 0.1) is 5.92 Å². The largest absolute Gasteiger partial charge is 0.299 e. The first-order valence-corrected chi connectivity index (χ1v) is 11.9. The predicted octanol–water partition coefficient (Wildman–Crippen LogP) is 5.67. The summed E-state index contributed by atoms with van der Waals surface area (Å²) in [5.41, 5.74) is 6.81. The molecular formula is C27H28BrN3O. The van der Waals surface area contributed by atoms with E-state index in [1.807, 2.05) is 48.5 Å². The quantitative estimate of drug-likeness (QED) is 0.343. The van der Waals surface area contributed by atoms with Crippen molar-refractivity contribution in [3.63, 3.8) is 0 Å². The van der Waals surface area contributed by atoms with Crippen molar-refractivity contribution in [2.24, 2.45) is 11.0 Å². The number of carbonyl (C=O) groups is 1. The Labute approximate surface area is 198 Å². The van der Waals surface area contributed by atoms with E-state index in [0.29, 0.717) is 5.56 Å². The SMILES string of the molecule is O=C(N/N=C\c1cccc(Br)c1)c1ccc(CN2CCC(Cc3ccccc3)CC2)cc1. The number of benzene rings is 3. The van der Waals surface area contributed by atoms with E-state index in [2.05, 4.69) is 61.7 Å². The van der Waals surface area contributed by atoms with E-state index in [1.165, 1.54) is 30.4 Å². The normalized spacial score (nSPS) is 15.2. The van der Waals surface area contributed by atoms with Crippen molar-refractivity contribution < 1.29 is 4.79 Å². The number of hydrogen-bond acceptors (Lipinski definition) is 3. The van der Waals surface area contributed by atoms with Gasteiger partial charge >= 0.3 is 0 Å². The van der Waals surface area contributed by atoms with Crippen molar-refractivity contribution in [2.45, 2.75) is 25.8 Å². The van der Waals surface area contributed by atoms with E-state index in [4.69, 9.17) is 0 Å². The first kappa shape index (κ1) is 22.4. The molecule has 0 aliphatic carbocycles. The zero-order chi connectivity index (χ0) is 22.2. The average Bonchev–Trinajstić information content (AvgIpc) is 2.81. The highest BCUT2D eigenvalue weighted by Gasteiger charge is 2.19. The maximum Gasteiger partial charge on any atom is 0.271 e. The Morgan fingerprint density at radius 3 is 2.44 bits per heavy atom. The minimum absolute atomic E-state index is 0.204. The van der Waals surface area contributed by atoms with Crippen molar-refractivity contribution >= 4 is 28.1 Å². The molecule has 4 nitrogen and oxygen atoms in total. The van der Waals surface area contributed by atoms with Crippen molar-refractivity contribution in [1.29, 1.82) is 0 Å². The maximum atomic E-state index is 12.3. The zero-order valence-corrected chi connectivity index (χ0v) is 19.7. The number of nitrogens with one attached hydrogen (secondary N) is 1. The van der Waals surface area contributed by atoms with Crippen LogP contribution < -0.4 is 5.43 Å². The number of nitrogens with zero attached hydrogens (tertiary/aromatic N) is 2. The topological polar surface area (TPSA) is 44.7 Å². The van der Waals surface area contributed by atoms with Gasteiger partial charge in [-0.2, -0.15) is 5.10 Å². The molecule has 0 atom stereocenters. The number of carbonyl (C=O) groups excluding carboxylic acids is 1. The molecule has 1 aliphatic heterocycles. The predicted molar refractivity (Wildman–Crippen MR) is 134 cm³/mol. The smallest absolute Gasteiger partial charge is 0.271 e. The number of hydrazone groups is 1. The van der Waals surface area contributed by atoms with Crippen LogP contribution in [-0.2, 0) is 13.0 Å². The molecule has 0 radical (unpaired) electrons. The van der Waals surface area contributed by atoms with E-state index >= 15 is 0 Å². The second kappa shape index (κ2) is 11.2. The molecular weight excluding hydrogens is 462 g/mol. The average molecular weight is 490 g/mol. The number of likely N-dealkylation sites (tertiary alicyclic amines) is 1. The Hall–Kier alpha value is -2.76. The van der Waals surface area contributed by atoms with Crippen molar-refractivity contribution in [1.82, 2.24) is 10.3 Å². The highest BCUT2D eigenvalue weighted by Crippen LogP contribution is 2.23. The lowest BCUT2D eigenvalue weighted by Gasteiger charge is -2.32. The monoisotopic (exact) mass is 489 g/mol. The molecule has 0 aromatic heterocycles. The Balaban J connectivity index is 1.23. The molecule has 1 heterocycles. The van der Waals surface area contributed by atoms with Crippen LogP contribution in [0.5, 0.6) is 0 Å². The van der Waals surface area contributed by atoms with Gasteiger partial charge in [0.1, 0.15) is 0 Å². The van der Waals surface area contributed by atoms with Crippen LogP contribution in [0.4, 0.5) is 0 Å².